The summed E-state index contributed by atoms with van der Waals surface area (Å²) in [6, 6.07) is 5.09. The number of nitrogens with one attached hydrogen (secondary N) is 1. The molecule has 1 heterocycles. The molecule has 2 nitrogen and oxygen atoms in total. The fraction of sp³-hybridized carbons (Fsp3) is 0.571. The van der Waals surface area contributed by atoms with Gasteiger partial charge in [0.05, 0.1) is 11.6 Å². The highest BCUT2D eigenvalue weighted by molar-refractivity contribution is 6.31. The number of rotatable bonds is 5. The van der Waals surface area contributed by atoms with E-state index in [1.807, 2.05) is 6.07 Å². The predicted molar refractivity (Wildman–Crippen MR) is 71.4 cm³/mol. The summed E-state index contributed by atoms with van der Waals surface area (Å²) in [5, 5.41) is 3.70. The quantitative estimate of drug-likeness (QED) is 0.884. The van der Waals surface area contributed by atoms with Gasteiger partial charge < -0.3 is 10.1 Å². The van der Waals surface area contributed by atoms with Crippen LogP contribution in [-0.4, -0.2) is 19.8 Å². The van der Waals surface area contributed by atoms with Crippen molar-refractivity contribution in [3.8, 4) is 0 Å². The van der Waals surface area contributed by atoms with E-state index in [2.05, 4.69) is 12.2 Å². The lowest BCUT2D eigenvalue weighted by Gasteiger charge is -2.25. The zero-order valence-corrected chi connectivity index (χ0v) is 11.3. The molecule has 2 unspecified atom stereocenters. The van der Waals surface area contributed by atoms with Gasteiger partial charge in [-0.2, -0.15) is 0 Å². The van der Waals surface area contributed by atoms with Crippen LogP contribution in [0.15, 0.2) is 18.2 Å². The van der Waals surface area contributed by atoms with Gasteiger partial charge in [0.2, 0.25) is 0 Å². The average Bonchev–Trinajstić information content (AvgIpc) is 2.88. The molecular weight excluding hydrogens is 253 g/mol. The van der Waals surface area contributed by atoms with Crippen molar-refractivity contribution in [2.75, 3.05) is 19.8 Å². The first-order valence-electron chi connectivity index (χ1n) is 6.49. The molecule has 1 aromatic carbocycles. The topological polar surface area (TPSA) is 21.3 Å². The first kappa shape index (κ1) is 13.8. The van der Waals surface area contributed by atoms with Gasteiger partial charge in [0.1, 0.15) is 5.82 Å². The molecule has 0 aromatic heterocycles. The molecule has 1 saturated heterocycles. The highest BCUT2D eigenvalue weighted by Crippen LogP contribution is 2.33. The van der Waals surface area contributed by atoms with Gasteiger partial charge in [0.25, 0.3) is 0 Å². The zero-order chi connectivity index (χ0) is 13.0. The second-order valence-electron chi connectivity index (χ2n) is 4.70. The lowest BCUT2D eigenvalue weighted by atomic mass is 9.92. The normalized spacial score (nSPS) is 21.2. The first-order chi connectivity index (χ1) is 8.74. The van der Waals surface area contributed by atoms with Gasteiger partial charge in [-0.25, -0.2) is 4.39 Å². The molecule has 0 radical (unpaired) electrons. The molecule has 1 N–H and O–H groups in total. The maximum atomic E-state index is 13.6. The van der Waals surface area contributed by atoms with E-state index in [-0.39, 0.29) is 16.9 Å². The zero-order valence-electron chi connectivity index (χ0n) is 10.6. The molecule has 1 fully saturated rings. The molecule has 0 bridgehead atoms. The Hall–Kier alpha value is -0.640. The van der Waals surface area contributed by atoms with Gasteiger partial charge in [-0.05, 0) is 31.0 Å². The van der Waals surface area contributed by atoms with Crippen LogP contribution < -0.4 is 5.32 Å². The first-order valence-corrected chi connectivity index (χ1v) is 6.87. The van der Waals surface area contributed by atoms with Crippen LogP contribution in [0, 0.1) is 11.7 Å². The van der Waals surface area contributed by atoms with Crippen molar-refractivity contribution in [3.63, 3.8) is 0 Å². The molecule has 1 aliphatic rings. The van der Waals surface area contributed by atoms with E-state index in [1.54, 1.807) is 6.07 Å². The van der Waals surface area contributed by atoms with Gasteiger partial charge >= 0.3 is 0 Å². The minimum atomic E-state index is -0.351. The van der Waals surface area contributed by atoms with E-state index in [0.29, 0.717) is 12.5 Å². The molecule has 18 heavy (non-hydrogen) atoms. The number of ether oxygens (including phenoxy) is 1. The number of hydrogen-bond acceptors (Lipinski definition) is 2. The van der Waals surface area contributed by atoms with Gasteiger partial charge in [0.15, 0.2) is 0 Å². The Morgan fingerprint density at radius 2 is 2.39 bits per heavy atom. The Bertz CT molecular complexity index is 393. The van der Waals surface area contributed by atoms with Crippen LogP contribution in [-0.2, 0) is 4.74 Å². The Kier molecular flexibility index (Phi) is 4.98. The van der Waals surface area contributed by atoms with E-state index in [0.717, 1.165) is 31.6 Å². The Balaban J connectivity index is 2.23. The second kappa shape index (κ2) is 6.50. The van der Waals surface area contributed by atoms with E-state index in [9.17, 15) is 4.39 Å². The van der Waals surface area contributed by atoms with E-state index in [1.165, 1.54) is 6.07 Å². The summed E-state index contributed by atoms with van der Waals surface area (Å²) >= 11 is 6.09. The van der Waals surface area contributed by atoms with Crippen molar-refractivity contribution in [1.29, 1.82) is 0 Å². The van der Waals surface area contributed by atoms with Crippen LogP contribution in [0.3, 0.4) is 0 Å². The summed E-state index contributed by atoms with van der Waals surface area (Å²) in [6.45, 7) is 4.51. The van der Waals surface area contributed by atoms with Crippen LogP contribution in [0.4, 0.5) is 4.39 Å². The number of halogens is 2. The molecule has 0 aliphatic carbocycles. The van der Waals surface area contributed by atoms with Crippen molar-refractivity contribution in [1.82, 2.24) is 5.32 Å². The van der Waals surface area contributed by atoms with Gasteiger partial charge in [-0.1, -0.05) is 30.7 Å². The van der Waals surface area contributed by atoms with Crippen LogP contribution >= 0.6 is 11.6 Å². The minimum absolute atomic E-state index is 0.0793. The molecular formula is C14H19ClFNO. The highest BCUT2D eigenvalue weighted by atomic mass is 35.5. The molecule has 4 heteroatoms. The Morgan fingerprint density at radius 3 is 3.06 bits per heavy atom. The fourth-order valence-electron chi connectivity index (χ4n) is 2.41. The molecule has 2 rings (SSSR count). The van der Waals surface area contributed by atoms with Crippen molar-refractivity contribution in [3.05, 3.63) is 34.6 Å². The largest absolute Gasteiger partial charge is 0.381 e. The lowest BCUT2D eigenvalue weighted by molar-refractivity contribution is 0.176. The monoisotopic (exact) mass is 271 g/mol. The molecule has 2 atom stereocenters. The van der Waals surface area contributed by atoms with Gasteiger partial charge in [0, 0.05) is 18.6 Å². The standard InChI is InChI=1S/C14H19ClFNO/c1-2-7-17-14(10-6-8-18-9-10)11-4-3-5-12(16)13(11)15/h3-5,10,14,17H,2,6-9H2,1H3. The van der Waals surface area contributed by atoms with Crippen molar-refractivity contribution >= 4 is 11.6 Å². The SMILES string of the molecule is CCCNC(c1cccc(F)c1Cl)C1CCOC1. The molecule has 0 spiro atoms. The second-order valence-corrected chi connectivity index (χ2v) is 5.08. The van der Waals surface area contributed by atoms with Crippen LogP contribution in [0.5, 0.6) is 0 Å². The van der Waals surface area contributed by atoms with E-state index >= 15 is 0 Å². The van der Waals surface area contributed by atoms with Crippen molar-refractivity contribution < 1.29 is 9.13 Å². The lowest BCUT2D eigenvalue weighted by Crippen LogP contribution is -2.29. The number of benzene rings is 1. The maximum absolute atomic E-state index is 13.6. The van der Waals surface area contributed by atoms with Crippen LogP contribution in [0.25, 0.3) is 0 Å². The minimum Gasteiger partial charge on any atom is -0.381 e. The third-order valence-electron chi connectivity index (χ3n) is 3.37. The molecule has 100 valence electrons. The summed E-state index contributed by atoms with van der Waals surface area (Å²) in [5.74, 6) is 0.0206. The molecule has 1 aliphatic heterocycles. The Labute approximate surface area is 112 Å². The molecule has 0 saturated carbocycles. The third-order valence-corrected chi connectivity index (χ3v) is 3.77. The summed E-state index contributed by atoms with van der Waals surface area (Å²) in [5.41, 5.74) is 0.848. The van der Waals surface area contributed by atoms with Crippen molar-refractivity contribution in [2.24, 2.45) is 5.92 Å². The smallest absolute Gasteiger partial charge is 0.142 e. The summed E-state index contributed by atoms with van der Waals surface area (Å²) < 4.78 is 19.0. The maximum Gasteiger partial charge on any atom is 0.142 e. The van der Waals surface area contributed by atoms with Gasteiger partial charge in [-0.15, -0.1) is 0 Å². The van der Waals surface area contributed by atoms with Crippen molar-refractivity contribution in [2.45, 2.75) is 25.8 Å². The molecule has 0 amide bonds. The average molecular weight is 272 g/mol. The summed E-state index contributed by atoms with van der Waals surface area (Å²) in [6.07, 6.45) is 2.03. The van der Waals surface area contributed by atoms with Crippen LogP contribution in [0.1, 0.15) is 31.4 Å². The number of hydrogen-bond donors (Lipinski definition) is 1. The van der Waals surface area contributed by atoms with Gasteiger partial charge in [-0.3, -0.25) is 0 Å². The molecule has 1 aromatic rings. The van der Waals surface area contributed by atoms with Crippen LogP contribution in [0.2, 0.25) is 5.02 Å². The highest BCUT2D eigenvalue weighted by Gasteiger charge is 2.28. The predicted octanol–water partition coefficient (Wildman–Crippen LogP) is 3.56. The summed E-state index contributed by atoms with van der Waals surface area (Å²) in [4.78, 5) is 0. The van der Waals surface area contributed by atoms with E-state index < -0.39 is 0 Å². The third kappa shape index (κ3) is 3.02. The summed E-state index contributed by atoms with van der Waals surface area (Å²) in [7, 11) is 0. The van der Waals surface area contributed by atoms with E-state index in [4.69, 9.17) is 16.3 Å². The Morgan fingerprint density at radius 1 is 1.56 bits per heavy atom. The fourth-order valence-corrected chi connectivity index (χ4v) is 2.65.